The molecule has 2 nitrogen and oxygen atoms in total. The molecule has 0 aromatic carbocycles. The van der Waals surface area contributed by atoms with Crippen LogP contribution in [0.15, 0.2) is 0 Å². The maximum Gasteiger partial charge on any atom is 0.304 e. The van der Waals surface area contributed by atoms with Gasteiger partial charge in [-0.05, 0) is 18.8 Å². The molecule has 3 atom stereocenters. The molecule has 1 N–H and O–H groups in total. The minimum Gasteiger partial charge on any atom is -0.481 e. The quantitative estimate of drug-likeness (QED) is 0.784. The van der Waals surface area contributed by atoms with Crippen LogP contribution in [0, 0.1) is 5.92 Å². The van der Waals surface area contributed by atoms with E-state index in [1.807, 2.05) is 18.7 Å². The number of hydrogen-bond donors (Lipinski definition) is 1. The molecule has 0 heterocycles. The molecule has 0 saturated heterocycles. The van der Waals surface area contributed by atoms with E-state index >= 15 is 0 Å². The molecule has 1 fully saturated rings. The van der Waals surface area contributed by atoms with Crippen molar-refractivity contribution in [2.75, 3.05) is 0 Å². The molecule has 1 saturated carbocycles. The fourth-order valence-corrected chi connectivity index (χ4v) is 3.94. The summed E-state index contributed by atoms with van der Waals surface area (Å²) >= 11 is 1.89. The first-order valence-corrected chi connectivity index (χ1v) is 6.93. The highest BCUT2D eigenvalue weighted by molar-refractivity contribution is 8.00. The normalized spacial score (nSPS) is 28.7. The third-order valence-electron chi connectivity index (χ3n) is 3.20. The Morgan fingerprint density at radius 1 is 1.53 bits per heavy atom. The molecule has 1 aliphatic rings. The summed E-state index contributed by atoms with van der Waals surface area (Å²) in [5.74, 6) is 0.214. The van der Waals surface area contributed by atoms with Crippen LogP contribution in [-0.4, -0.2) is 21.6 Å². The van der Waals surface area contributed by atoms with Crippen molar-refractivity contribution in [2.24, 2.45) is 5.92 Å². The average molecular weight is 230 g/mol. The van der Waals surface area contributed by atoms with Crippen LogP contribution < -0.4 is 0 Å². The molecule has 1 aliphatic carbocycles. The molecular weight excluding hydrogens is 208 g/mol. The zero-order valence-electron chi connectivity index (χ0n) is 9.74. The lowest BCUT2D eigenvalue weighted by Gasteiger charge is -2.29. The highest BCUT2D eigenvalue weighted by Crippen LogP contribution is 2.36. The first-order valence-electron chi connectivity index (χ1n) is 5.99. The van der Waals surface area contributed by atoms with Crippen LogP contribution in [0.5, 0.6) is 0 Å². The molecule has 1 rings (SSSR count). The Morgan fingerprint density at radius 2 is 2.27 bits per heavy atom. The summed E-state index contributed by atoms with van der Waals surface area (Å²) in [6, 6.07) is 0. The lowest BCUT2D eigenvalue weighted by molar-refractivity contribution is -0.136. The van der Waals surface area contributed by atoms with Crippen LogP contribution >= 0.6 is 11.8 Å². The van der Waals surface area contributed by atoms with Gasteiger partial charge in [0.15, 0.2) is 0 Å². The Balaban J connectivity index is 2.27. The number of rotatable bonds is 5. The minimum absolute atomic E-state index is 0.267. The van der Waals surface area contributed by atoms with E-state index in [2.05, 4.69) is 6.92 Å². The maximum atomic E-state index is 10.6. The Bertz CT molecular complexity index is 206. The van der Waals surface area contributed by atoms with Gasteiger partial charge in [0.25, 0.3) is 0 Å². The van der Waals surface area contributed by atoms with Gasteiger partial charge in [-0.3, -0.25) is 4.79 Å². The predicted molar refractivity (Wildman–Crippen MR) is 65.3 cm³/mol. The second-order valence-corrected chi connectivity index (χ2v) is 6.35. The van der Waals surface area contributed by atoms with Crippen LogP contribution in [0.1, 0.15) is 52.4 Å². The van der Waals surface area contributed by atoms with E-state index in [1.165, 1.54) is 32.1 Å². The van der Waals surface area contributed by atoms with Crippen LogP contribution in [0.25, 0.3) is 0 Å². The van der Waals surface area contributed by atoms with Crippen molar-refractivity contribution in [1.82, 2.24) is 0 Å². The van der Waals surface area contributed by atoms with Crippen molar-refractivity contribution in [2.45, 2.75) is 62.9 Å². The highest BCUT2D eigenvalue weighted by Gasteiger charge is 2.23. The van der Waals surface area contributed by atoms with Crippen molar-refractivity contribution in [3.05, 3.63) is 0 Å². The maximum absolute atomic E-state index is 10.6. The second kappa shape index (κ2) is 6.41. The second-order valence-electron chi connectivity index (χ2n) is 4.61. The zero-order chi connectivity index (χ0) is 11.3. The summed E-state index contributed by atoms with van der Waals surface area (Å²) < 4.78 is 0. The van der Waals surface area contributed by atoms with Gasteiger partial charge in [-0.1, -0.05) is 33.1 Å². The lowest BCUT2D eigenvalue weighted by Crippen LogP contribution is -2.20. The van der Waals surface area contributed by atoms with E-state index in [0.717, 1.165) is 5.92 Å². The number of carboxylic acid groups (broad SMARTS) is 1. The molecule has 15 heavy (non-hydrogen) atoms. The van der Waals surface area contributed by atoms with Crippen LogP contribution in [0.4, 0.5) is 0 Å². The summed E-state index contributed by atoms with van der Waals surface area (Å²) in [5.41, 5.74) is 0. The number of carboxylic acids is 1. The highest BCUT2D eigenvalue weighted by atomic mass is 32.2. The molecule has 0 aromatic rings. The topological polar surface area (TPSA) is 37.3 Å². The molecule has 0 aliphatic heterocycles. The van der Waals surface area contributed by atoms with E-state index in [9.17, 15) is 4.79 Å². The van der Waals surface area contributed by atoms with Gasteiger partial charge in [0.05, 0.1) is 6.42 Å². The molecule has 3 heteroatoms. The summed E-state index contributed by atoms with van der Waals surface area (Å²) in [4.78, 5) is 10.6. The van der Waals surface area contributed by atoms with E-state index in [1.54, 1.807) is 0 Å². The SMILES string of the molecule is CCC1CCCC(SC(C)CC(=O)O)C1. The first-order chi connectivity index (χ1) is 7.11. The number of thioether (sulfide) groups is 1. The van der Waals surface area contributed by atoms with Crippen molar-refractivity contribution < 1.29 is 9.90 Å². The smallest absolute Gasteiger partial charge is 0.304 e. The van der Waals surface area contributed by atoms with E-state index in [0.29, 0.717) is 11.7 Å². The van der Waals surface area contributed by atoms with E-state index < -0.39 is 5.97 Å². The third kappa shape index (κ3) is 4.92. The molecule has 3 unspecified atom stereocenters. The molecular formula is C12H22O2S. The monoisotopic (exact) mass is 230 g/mol. The van der Waals surface area contributed by atoms with E-state index in [-0.39, 0.29) is 5.25 Å². The summed E-state index contributed by atoms with van der Waals surface area (Å²) in [6.45, 7) is 4.30. The van der Waals surface area contributed by atoms with Crippen molar-refractivity contribution in [3.8, 4) is 0 Å². The Labute approximate surface area is 96.8 Å². The number of carbonyl (C=O) groups is 1. The van der Waals surface area contributed by atoms with Crippen LogP contribution in [0.2, 0.25) is 0 Å². The molecule has 88 valence electrons. The number of aliphatic carboxylic acids is 1. The standard InChI is InChI=1S/C12H22O2S/c1-3-10-5-4-6-11(8-10)15-9(2)7-12(13)14/h9-11H,3-8H2,1-2H3,(H,13,14). The van der Waals surface area contributed by atoms with Gasteiger partial charge in [-0.15, -0.1) is 0 Å². The summed E-state index contributed by atoms with van der Waals surface area (Å²) in [6.07, 6.45) is 6.87. The van der Waals surface area contributed by atoms with Crippen molar-refractivity contribution in [3.63, 3.8) is 0 Å². The van der Waals surface area contributed by atoms with Gasteiger partial charge in [0.1, 0.15) is 0 Å². The molecule has 0 amide bonds. The van der Waals surface area contributed by atoms with Crippen LogP contribution in [-0.2, 0) is 4.79 Å². The fraction of sp³-hybridized carbons (Fsp3) is 0.917. The Hall–Kier alpha value is -0.180. The Kier molecular flexibility index (Phi) is 5.51. The largest absolute Gasteiger partial charge is 0.481 e. The summed E-state index contributed by atoms with van der Waals surface area (Å²) in [5, 5.41) is 9.67. The van der Waals surface area contributed by atoms with Gasteiger partial charge in [0, 0.05) is 10.5 Å². The number of hydrogen-bond acceptors (Lipinski definition) is 2. The lowest BCUT2D eigenvalue weighted by atomic mass is 9.87. The zero-order valence-corrected chi connectivity index (χ0v) is 10.6. The third-order valence-corrected chi connectivity index (χ3v) is 4.64. The minimum atomic E-state index is -0.669. The van der Waals surface area contributed by atoms with Crippen molar-refractivity contribution in [1.29, 1.82) is 0 Å². The molecule has 0 aromatic heterocycles. The van der Waals surface area contributed by atoms with Gasteiger partial charge >= 0.3 is 5.97 Å². The van der Waals surface area contributed by atoms with Crippen molar-refractivity contribution >= 4 is 17.7 Å². The Morgan fingerprint density at radius 3 is 2.87 bits per heavy atom. The first kappa shape index (κ1) is 12.9. The van der Waals surface area contributed by atoms with Gasteiger partial charge in [-0.25, -0.2) is 0 Å². The molecule has 0 radical (unpaired) electrons. The van der Waals surface area contributed by atoms with E-state index in [4.69, 9.17) is 5.11 Å². The molecule has 0 bridgehead atoms. The van der Waals surface area contributed by atoms with Crippen LogP contribution in [0.3, 0.4) is 0 Å². The predicted octanol–water partition coefficient (Wildman–Crippen LogP) is 3.55. The fourth-order valence-electron chi connectivity index (χ4n) is 2.36. The van der Waals surface area contributed by atoms with Gasteiger partial charge in [-0.2, -0.15) is 11.8 Å². The molecule has 0 spiro atoms. The van der Waals surface area contributed by atoms with Gasteiger partial charge in [0.2, 0.25) is 0 Å². The van der Waals surface area contributed by atoms with Gasteiger partial charge < -0.3 is 5.11 Å². The average Bonchev–Trinajstić information content (AvgIpc) is 2.16. The summed E-state index contributed by atoms with van der Waals surface area (Å²) in [7, 11) is 0.